The molecule has 0 bridgehead atoms. The predicted molar refractivity (Wildman–Crippen MR) is 117 cm³/mol. The number of carbonyl (C=O) groups is 2. The zero-order chi connectivity index (χ0) is 22.6. The van der Waals surface area contributed by atoms with Crippen molar-refractivity contribution in [3.63, 3.8) is 0 Å². The number of rotatable bonds is 5. The number of hydrogen-bond donors (Lipinski definition) is 0. The molecule has 0 saturated heterocycles. The monoisotopic (exact) mass is 447 g/mol. The highest BCUT2D eigenvalue weighted by atomic mass is 35.5. The van der Waals surface area contributed by atoms with Crippen LogP contribution < -0.4 is 14.4 Å². The summed E-state index contributed by atoms with van der Waals surface area (Å²) in [5, 5.41) is 0.307. The van der Waals surface area contributed by atoms with Crippen molar-refractivity contribution in [3.05, 3.63) is 53.1 Å². The molecule has 0 saturated carbocycles. The minimum absolute atomic E-state index is 0.0543. The van der Waals surface area contributed by atoms with Crippen LogP contribution in [0.4, 0.5) is 10.5 Å². The number of fused-ring (bicyclic) bond motifs is 1. The van der Waals surface area contributed by atoms with E-state index in [2.05, 4.69) is 0 Å². The molecule has 2 aromatic carbocycles. The summed E-state index contributed by atoms with van der Waals surface area (Å²) in [5.41, 5.74) is 0.654. The molecule has 0 N–H and O–H groups in total. The molecule has 0 fully saturated rings. The van der Waals surface area contributed by atoms with E-state index in [-0.39, 0.29) is 18.9 Å². The Kier molecular flexibility index (Phi) is 6.95. The third kappa shape index (κ3) is 5.82. The first-order valence-electron chi connectivity index (χ1n) is 10.0. The quantitative estimate of drug-likeness (QED) is 0.601. The van der Waals surface area contributed by atoms with Gasteiger partial charge in [0.1, 0.15) is 23.7 Å². The summed E-state index contributed by atoms with van der Waals surface area (Å²) in [6.07, 6.45) is -1.61. The first-order chi connectivity index (χ1) is 14.7. The molecular formula is C23H26ClNO6. The molecule has 1 atom stereocenters. The van der Waals surface area contributed by atoms with Crippen molar-refractivity contribution in [2.75, 3.05) is 18.1 Å². The average Bonchev–Trinajstić information content (AvgIpc) is 2.71. The van der Waals surface area contributed by atoms with E-state index in [9.17, 15) is 9.59 Å². The van der Waals surface area contributed by atoms with Crippen LogP contribution in [0.5, 0.6) is 11.5 Å². The van der Waals surface area contributed by atoms with Gasteiger partial charge in [-0.2, -0.15) is 0 Å². The van der Waals surface area contributed by atoms with Crippen LogP contribution in [-0.4, -0.2) is 36.9 Å². The largest absolute Gasteiger partial charge is 0.487 e. The topological polar surface area (TPSA) is 74.3 Å². The number of carbonyl (C=O) groups excluding carboxylic acids is 2. The maximum absolute atomic E-state index is 12.8. The highest BCUT2D eigenvalue weighted by Gasteiger charge is 2.37. The minimum atomic E-state index is -0.997. The normalized spacial score (nSPS) is 15.5. The number of esters is 1. The fourth-order valence-corrected chi connectivity index (χ4v) is 3.19. The fourth-order valence-electron chi connectivity index (χ4n) is 2.98. The number of halogens is 1. The average molecular weight is 448 g/mol. The third-order valence-corrected chi connectivity index (χ3v) is 4.62. The molecule has 0 spiro atoms. The van der Waals surface area contributed by atoms with Gasteiger partial charge in [-0.1, -0.05) is 41.9 Å². The molecule has 0 aliphatic carbocycles. The Labute approximate surface area is 186 Å². The maximum atomic E-state index is 12.8. The van der Waals surface area contributed by atoms with Crippen molar-refractivity contribution in [2.45, 2.75) is 46.0 Å². The molecule has 166 valence electrons. The van der Waals surface area contributed by atoms with Crippen LogP contribution in [0.25, 0.3) is 0 Å². The van der Waals surface area contributed by atoms with E-state index >= 15 is 0 Å². The standard InChI is InChI=1S/C23H26ClNO6/c1-5-28-21(26)20-13-25(22(27)31-23(2,3)4)17-11-16(24)18(12-19(17)30-20)29-14-15-9-7-6-8-10-15/h6-12,20H,5,13-14H2,1-4H3. The van der Waals surface area contributed by atoms with Gasteiger partial charge in [0.2, 0.25) is 6.10 Å². The first kappa shape index (κ1) is 22.7. The molecule has 1 heterocycles. The molecule has 3 rings (SSSR count). The van der Waals surface area contributed by atoms with Gasteiger partial charge in [-0.3, -0.25) is 4.90 Å². The van der Waals surface area contributed by atoms with Gasteiger partial charge in [0.05, 0.1) is 23.9 Å². The van der Waals surface area contributed by atoms with E-state index in [4.69, 9.17) is 30.5 Å². The van der Waals surface area contributed by atoms with E-state index in [1.54, 1.807) is 39.8 Å². The van der Waals surface area contributed by atoms with Crippen LogP contribution in [0.1, 0.15) is 33.3 Å². The van der Waals surface area contributed by atoms with Crippen molar-refractivity contribution >= 4 is 29.4 Å². The second-order valence-corrected chi connectivity index (χ2v) is 8.38. The summed E-state index contributed by atoms with van der Waals surface area (Å²) in [6, 6.07) is 12.8. The number of anilines is 1. The Hall–Kier alpha value is -2.93. The molecule has 7 nitrogen and oxygen atoms in total. The molecule has 8 heteroatoms. The predicted octanol–water partition coefficient (Wildman–Crippen LogP) is 4.98. The Bertz CT molecular complexity index is 941. The maximum Gasteiger partial charge on any atom is 0.415 e. The highest BCUT2D eigenvalue weighted by Crippen LogP contribution is 2.42. The zero-order valence-corrected chi connectivity index (χ0v) is 18.8. The van der Waals surface area contributed by atoms with Crippen molar-refractivity contribution < 1.29 is 28.5 Å². The van der Waals surface area contributed by atoms with E-state index in [1.165, 1.54) is 4.90 Å². The summed E-state index contributed by atoms with van der Waals surface area (Å²) >= 11 is 6.43. The molecule has 1 aliphatic heterocycles. The molecular weight excluding hydrogens is 422 g/mol. The van der Waals surface area contributed by atoms with Crippen molar-refractivity contribution in [2.24, 2.45) is 0 Å². The number of hydrogen-bond acceptors (Lipinski definition) is 6. The van der Waals surface area contributed by atoms with Crippen LogP contribution in [0.2, 0.25) is 5.02 Å². The van der Waals surface area contributed by atoms with E-state index < -0.39 is 23.8 Å². The summed E-state index contributed by atoms with van der Waals surface area (Å²) in [4.78, 5) is 26.5. The summed E-state index contributed by atoms with van der Waals surface area (Å²) in [6.45, 7) is 7.45. The lowest BCUT2D eigenvalue weighted by atomic mass is 10.1. The highest BCUT2D eigenvalue weighted by molar-refractivity contribution is 6.32. The SMILES string of the molecule is CCOC(=O)C1CN(C(=O)OC(C)(C)C)c2cc(Cl)c(OCc3ccccc3)cc2O1. The Morgan fingerprint density at radius 2 is 1.90 bits per heavy atom. The van der Waals surface area contributed by atoms with Gasteiger partial charge in [0.15, 0.2) is 0 Å². The Morgan fingerprint density at radius 1 is 1.19 bits per heavy atom. The van der Waals surface area contributed by atoms with Gasteiger partial charge in [0, 0.05) is 6.07 Å². The first-order valence-corrected chi connectivity index (χ1v) is 10.4. The number of nitrogens with zero attached hydrogens (tertiary/aromatic N) is 1. The lowest BCUT2D eigenvalue weighted by molar-refractivity contribution is -0.151. The molecule has 2 aromatic rings. The Balaban J connectivity index is 1.90. The van der Waals surface area contributed by atoms with Crippen molar-refractivity contribution in [1.82, 2.24) is 0 Å². The van der Waals surface area contributed by atoms with E-state index in [1.807, 2.05) is 30.3 Å². The number of benzene rings is 2. The van der Waals surface area contributed by atoms with Crippen LogP contribution in [0.3, 0.4) is 0 Å². The van der Waals surface area contributed by atoms with Crippen LogP contribution in [-0.2, 0) is 20.9 Å². The fraction of sp³-hybridized carbons (Fsp3) is 0.391. The van der Waals surface area contributed by atoms with Crippen LogP contribution in [0.15, 0.2) is 42.5 Å². The van der Waals surface area contributed by atoms with Gasteiger partial charge in [0.25, 0.3) is 0 Å². The van der Waals surface area contributed by atoms with Gasteiger partial charge in [-0.25, -0.2) is 9.59 Å². The lowest BCUT2D eigenvalue weighted by Crippen LogP contribution is -2.49. The molecule has 31 heavy (non-hydrogen) atoms. The van der Waals surface area contributed by atoms with Gasteiger partial charge in [-0.05, 0) is 39.3 Å². The van der Waals surface area contributed by atoms with E-state index in [0.717, 1.165) is 5.56 Å². The summed E-state index contributed by atoms with van der Waals surface area (Å²) in [5.74, 6) is 0.0870. The minimum Gasteiger partial charge on any atom is -0.487 e. The molecule has 0 aromatic heterocycles. The Morgan fingerprint density at radius 3 is 2.55 bits per heavy atom. The summed E-state index contributed by atoms with van der Waals surface area (Å²) < 4.78 is 22.3. The molecule has 1 amide bonds. The third-order valence-electron chi connectivity index (χ3n) is 4.32. The van der Waals surface area contributed by atoms with Crippen LogP contribution in [0, 0.1) is 0 Å². The second-order valence-electron chi connectivity index (χ2n) is 7.97. The van der Waals surface area contributed by atoms with Crippen molar-refractivity contribution in [3.8, 4) is 11.5 Å². The van der Waals surface area contributed by atoms with Gasteiger partial charge in [-0.15, -0.1) is 0 Å². The van der Waals surface area contributed by atoms with Gasteiger partial charge >= 0.3 is 12.1 Å². The van der Waals surface area contributed by atoms with E-state index in [0.29, 0.717) is 23.1 Å². The molecule has 0 radical (unpaired) electrons. The van der Waals surface area contributed by atoms with Crippen molar-refractivity contribution in [1.29, 1.82) is 0 Å². The summed E-state index contributed by atoms with van der Waals surface area (Å²) in [7, 11) is 0. The number of ether oxygens (including phenoxy) is 4. The van der Waals surface area contributed by atoms with Gasteiger partial charge < -0.3 is 18.9 Å². The molecule has 1 unspecified atom stereocenters. The number of amides is 1. The smallest absolute Gasteiger partial charge is 0.415 e. The van der Waals surface area contributed by atoms with Crippen LogP contribution >= 0.6 is 11.6 Å². The zero-order valence-electron chi connectivity index (χ0n) is 18.0. The second kappa shape index (κ2) is 9.47. The molecule has 1 aliphatic rings. The lowest BCUT2D eigenvalue weighted by Gasteiger charge is -2.35.